The number of piperidine rings is 1. The highest BCUT2D eigenvalue weighted by Crippen LogP contribution is 2.12. The second-order valence-corrected chi connectivity index (χ2v) is 3.53. The van der Waals surface area contributed by atoms with Gasteiger partial charge in [-0.1, -0.05) is 6.92 Å². The van der Waals surface area contributed by atoms with Crippen molar-refractivity contribution in [2.24, 2.45) is 11.7 Å². The van der Waals surface area contributed by atoms with Gasteiger partial charge in [-0.2, -0.15) is 0 Å². The van der Waals surface area contributed by atoms with Crippen LogP contribution in [0.25, 0.3) is 0 Å². The van der Waals surface area contributed by atoms with Gasteiger partial charge in [0.25, 0.3) is 0 Å². The van der Waals surface area contributed by atoms with Gasteiger partial charge >= 0.3 is 6.03 Å². The maximum absolute atomic E-state index is 10.4. The number of nitrogens with one attached hydrogen (secondary N) is 2. The van der Waals surface area contributed by atoms with E-state index in [2.05, 4.69) is 17.6 Å². The lowest BCUT2D eigenvalue weighted by Gasteiger charge is -2.27. The van der Waals surface area contributed by atoms with E-state index in [9.17, 15) is 4.79 Å². The average molecular weight is 171 g/mol. The van der Waals surface area contributed by atoms with E-state index < -0.39 is 6.03 Å². The van der Waals surface area contributed by atoms with Gasteiger partial charge in [-0.25, -0.2) is 4.79 Å². The molecule has 4 nitrogen and oxygen atoms in total. The lowest BCUT2D eigenvalue weighted by atomic mass is 9.96. The molecular formula is C8H17N3O. The molecule has 0 aromatic heterocycles. The van der Waals surface area contributed by atoms with E-state index in [1.165, 1.54) is 6.42 Å². The van der Waals surface area contributed by atoms with Crippen molar-refractivity contribution in [2.45, 2.75) is 25.8 Å². The number of hydrogen-bond donors (Lipinski definition) is 3. The topological polar surface area (TPSA) is 67.1 Å². The molecule has 0 aliphatic carbocycles. The predicted molar refractivity (Wildman–Crippen MR) is 47.8 cm³/mol. The van der Waals surface area contributed by atoms with E-state index in [1.54, 1.807) is 0 Å². The number of rotatable bonds is 2. The lowest BCUT2D eigenvalue weighted by Crippen LogP contribution is -2.46. The van der Waals surface area contributed by atoms with Gasteiger partial charge in [-0.15, -0.1) is 0 Å². The number of nitrogens with two attached hydrogens (primary N) is 1. The maximum atomic E-state index is 10.4. The fourth-order valence-corrected chi connectivity index (χ4v) is 1.46. The number of amides is 2. The van der Waals surface area contributed by atoms with E-state index in [4.69, 9.17) is 5.73 Å². The van der Waals surface area contributed by atoms with Gasteiger partial charge in [-0.05, 0) is 25.3 Å². The molecule has 4 heteroatoms. The molecule has 1 aliphatic rings. The first-order valence-electron chi connectivity index (χ1n) is 4.45. The predicted octanol–water partition coefficient (Wildman–Crippen LogP) is 0.0428. The van der Waals surface area contributed by atoms with Crippen LogP contribution in [0.3, 0.4) is 0 Å². The Morgan fingerprint density at radius 3 is 2.92 bits per heavy atom. The quantitative estimate of drug-likeness (QED) is 0.549. The first-order chi connectivity index (χ1) is 5.68. The molecule has 1 heterocycles. The van der Waals surface area contributed by atoms with Gasteiger partial charge < -0.3 is 16.4 Å². The first kappa shape index (κ1) is 9.32. The summed E-state index contributed by atoms with van der Waals surface area (Å²) in [6.45, 7) is 3.93. The van der Waals surface area contributed by atoms with Crippen molar-refractivity contribution in [1.29, 1.82) is 0 Å². The molecule has 1 rings (SSSR count). The van der Waals surface area contributed by atoms with Crippen LogP contribution in [0.2, 0.25) is 0 Å². The van der Waals surface area contributed by atoms with E-state index in [0.29, 0.717) is 12.6 Å². The molecule has 0 aromatic rings. The highest BCUT2D eigenvalue weighted by Gasteiger charge is 2.16. The Bertz CT molecular complexity index is 152. The molecule has 2 amide bonds. The summed E-state index contributed by atoms with van der Waals surface area (Å²) >= 11 is 0. The zero-order chi connectivity index (χ0) is 8.97. The Balaban J connectivity index is 2.13. The summed E-state index contributed by atoms with van der Waals surface area (Å²) in [5.41, 5.74) is 4.96. The second-order valence-electron chi connectivity index (χ2n) is 3.53. The van der Waals surface area contributed by atoms with Crippen molar-refractivity contribution in [3.63, 3.8) is 0 Å². The Morgan fingerprint density at radius 2 is 2.42 bits per heavy atom. The highest BCUT2D eigenvalue weighted by molar-refractivity contribution is 5.71. The standard InChI is InChI=1S/C8H17N3O/c1-6-2-3-7(10-4-6)5-11-8(9)12/h6-7,10H,2-5H2,1H3,(H3,9,11,12). The maximum Gasteiger partial charge on any atom is 0.312 e. The molecule has 1 aliphatic heterocycles. The summed E-state index contributed by atoms with van der Waals surface area (Å²) in [5.74, 6) is 0.759. The van der Waals surface area contributed by atoms with E-state index >= 15 is 0 Å². The zero-order valence-electron chi connectivity index (χ0n) is 7.47. The van der Waals surface area contributed by atoms with Crippen molar-refractivity contribution in [3.05, 3.63) is 0 Å². The number of carbonyl (C=O) groups excluding carboxylic acids is 1. The minimum absolute atomic E-state index is 0.411. The minimum atomic E-state index is -0.435. The molecule has 2 atom stereocenters. The van der Waals surface area contributed by atoms with Gasteiger partial charge in [0.2, 0.25) is 0 Å². The smallest absolute Gasteiger partial charge is 0.312 e. The van der Waals surface area contributed by atoms with Gasteiger partial charge in [0, 0.05) is 12.6 Å². The van der Waals surface area contributed by atoms with E-state index in [-0.39, 0.29) is 0 Å². The van der Waals surface area contributed by atoms with Crippen molar-refractivity contribution < 1.29 is 4.79 Å². The van der Waals surface area contributed by atoms with Crippen molar-refractivity contribution >= 4 is 6.03 Å². The summed E-state index contributed by atoms with van der Waals surface area (Å²) in [4.78, 5) is 10.4. The van der Waals surface area contributed by atoms with E-state index in [0.717, 1.165) is 18.9 Å². The Labute approximate surface area is 72.9 Å². The summed E-state index contributed by atoms with van der Waals surface area (Å²) in [6, 6.07) is -0.0240. The molecule has 0 bridgehead atoms. The molecule has 2 unspecified atom stereocenters. The van der Waals surface area contributed by atoms with Crippen LogP contribution < -0.4 is 16.4 Å². The molecule has 0 aromatic carbocycles. The van der Waals surface area contributed by atoms with Crippen LogP contribution in [0.4, 0.5) is 4.79 Å². The summed E-state index contributed by atoms with van der Waals surface area (Å²) in [5, 5.41) is 5.96. The number of primary amides is 1. The fourth-order valence-electron chi connectivity index (χ4n) is 1.46. The molecule has 0 saturated carbocycles. The molecule has 4 N–H and O–H groups in total. The van der Waals surface area contributed by atoms with Gasteiger partial charge in [0.05, 0.1) is 0 Å². The summed E-state index contributed by atoms with van der Waals surface area (Å²) in [6.07, 6.45) is 2.36. The van der Waals surface area contributed by atoms with Gasteiger partial charge in [0.1, 0.15) is 0 Å². The molecule has 1 saturated heterocycles. The molecule has 0 spiro atoms. The Hall–Kier alpha value is -0.770. The third-order valence-corrected chi connectivity index (χ3v) is 2.29. The third-order valence-electron chi connectivity index (χ3n) is 2.29. The molecule has 12 heavy (non-hydrogen) atoms. The van der Waals surface area contributed by atoms with Crippen molar-refractivity contribution in [1.82, 2.24) is 10.6 Å². The Kier molecular flexibility index (Phi) is 3.34. The first-order valence-corrected chi connectivity index (χ1v) is 4.45. The lowest BCUT2D eigenvalue weighted by molar-refractivity contribution is 0.245. The van der Waals surface area contributed by atoms with Crippen LogP contribution in [-0.2, 0) is 0 Å². The third kappa shape index (κ3) is 3.09. The fraction of sp³-hybridized carbons (Fsp3) is 0.875. The zero-order valence-corrected chi connectivity index (χ0v) is 7.47. The largest absolute Gasteiger partial charge is 0.352 e. The summed E-state index contributed by atoms with van der Waals surface area (Å²) in [7, 11) is 0. The molecular weight excluding hydrogens is 154 g/mol. The van der Waals surface area contributed by atoms with Crippen molar-refractivity contribution in [3.8, 4) is 0 Å². The number of hydrogen-bond acceptors (Lipinski definition) is 2. The van der Waals surface area contributed by atoms with Crippen LogP contribution in [0.5, 0.6) is 0 Å². The van der Waals surface area contributed by atoms with Gasteiger partial charge in [0.15, 0.2) is 0 Å². The normalized spacial score (nSPS) is 29.8. The molecule has 1 fully saturated rings. The molecule has 70 valence electrons. The number of carbonyl (C=O) groups is 1. The van der Waals surface area contributed by atoms with Crippen LogP contribution in [-0.4, -0.2) is 25.2 Å². The average Bonchev–Trinajstić information content (AvgIpc) is 2.03. The summed E-state index contributed by atoms with van der Waals surface area (Å²) < 4.78 is 0. The minimum Gasteiger partial charge on any atom is -0.352 e. The SMILES string of the molecule is CC1CCC(CNC(N)=O)NC1. The van der Waals surface area contributed by atoms with Crippen LogP contribution in [0.15, 0.2) is 0 Å². The number of urea groups is 1. The monoisotopic (exact) mass is 171 g/mol. The molecule has 0 radical (unpaired) electrons. The van der Waals surface area contributed by atoms with Crippen LogP contribution >= 0.6 is 0 Å². The van der Waals surface area contributed by atoms with Crippen molar-refractivity contribution in [2.75, 3.05) is 13.1 Å². The highest BCUT2D eigenvalue weighted by atomic mass is 16.2. The second kappa shape index (κ2) is 4.30. The van der Waals surface area contributed by atoms with Crippen LogP contribution in [0, 0.1) is 5.92 Å². The van der Waals surface area contributed by atoms with Crippen LogP contribution in [0.1, 0.15) is 19.8 Å². The van der Waals surface area contributed by atoms with E-state index in [1.807, 2.05) is 0 Å². The Morgan fingerprint density at radius 1 is 1.67 bits per heavy atom. The van der Waals surface area contributed by atoms with Gasteiger partial charge in [-0.3, -0.25) is 0 Å².